The first kappa shape index (κ1) is 43.8. The first-order chi connectivity index (χ1) is 26.5. The van der Waals surface area contributed by atoms with Gasteiger partial charge >= 0.3 is 11.9 Å². The van der Waals surface area contributed by atoms with Crippen LogP contribution in [0.3, 0.4) is 0 Å². The van der Waals surface area contributed by atoms with Crippen molar-refractivity contribution in [3.8, 4) is 0 Å². The molecule has 0 saturated heterocycles. The number of amides is 1. The van der Waals surface area contributed by atoms with E-state index >= 15 is 0 Å². The number of ketones is 1. The van der Waals surface area contributed by atoms with Crippen LogP contribution in [0.25, 0.3) is 0 Å². The molecule has 57 heavy (non-hydrogen) atoms. The number of fused-ring (bicyclic) bond motifs is 7. The van der Waals surface area contributed by atoms with Crippen molar-refractivity contribution in [3.63, 3.8) is 0 Å². The van der Waals surface area contributed by atoms with Crippen LogP contribution in [0, 0.1) is 56.2 Å². The highest BCUT2D eigenvalue weighted by atomic mass is 35.5. The molecule has 5 aliphatic carbocycles. The summed E-state index contributed by atoms with van der Waals surface area (Å²) in [5, 5.41) is 22.8. The van der Waals surface area contributed by atoms with E-state index in [0.717, 1.165) is 56.1 Å². The highest BCUT2D eigenvalue weighted by Crippen LogP contribution is 2.77. The number of halogens is 1. The number of carbonyl (C=O) groups excluding carboxylic acids is 3. The van der Waals surface area contributed by atoms with Crippen LogP contribution in [0.5, 0.6) is 0 Å². The van der Waals surface area contributed by atoms with Crippen molar-refractivity contribution >= 4 is 35.2 Å². The average molecular weight is 811 g/mol. The molecule has 0 unspecified atom stereocenters. The number of aliphatic hydroxyl groups excluding tert-OH is 1. The second-order valence-electron chi connectivity index (χ2n) is 20.9. The molecule has 1 aromatic carbocycles. The third-order valence-corrected chi connectivity index (χ3v) is 17.1. The van der Waals surface area contributed by atoms with Crippen molar-refractivity contribution in [2.24, 2.45) is 56.2 Å². The van der Waals surface area contributed by atoms with Crippen molar-refractivity contribution < 1.29 is 38.9 Å². The number of allylic oxidation sites excluding steroid dienone is 1. The van der Waals surface area contributed by atoms with E-state index in [9.17, 15) is 29.4 Å². The number of carboxylic acid groups (broad SMARTS) is 1. The number of nitrogens with zero attached hydrogens (tertiary/aromatic N) is 1. The van der Waals surface area contributed by atoms with Gasteiger partial charge in [0.25, 0.3) is 0 Å². The summed E-state index contributed by atoms with van der Waals surface area (Å²) in [6, 6.07) is 7.39. The number of aliphatic carboxylic acids is 1. The van der Waals surface area contributed by atoms with E-state index < -0.39 is 28.9 Å². The normalized spacial score (nSPS) is 35.1. The number of esters is 1. The maximum atomic E-state index is 14.3. The van der Waals surface area contributed by atoms with Crippen LogP contribution in [0.4, 0.5) is 0 Å². The van der Waals surface area contributed by atoms with Gasteiger partial charge in [-0.05, 0) is 128 Å². The summed E-state index contributed by atoms with van der Waals surface area (Å²) < 4.78 is 11.4. The molecule has 0 radical (unpaired) electrons. The number of methoxy groups -OCH3 is 1. The van der Waals surface area contributed by atoms with Crippen LogP contribution in [-0.4, -0.2) is 71.2 Å². The molecular formula is C47H68ClNO8. The molecule has 6 rings (SSSR count). The molecule has 0 aromatic heterocycles. The van der Waals surface area contributed by atoms with Crippen molar-refractivity contribution in [2.75, 3.05) is 20.3 Å². The number of ether oxygens (including phenoxy) is 2. The van der Waals surface area contributed by atoms with E-state index in [0.29, 0.717) is 29.8 Å². The molecule has 9 atom stereocenters. The Balaban J connectivity index is 1.30. The fraction of sp³-hybridized carbons (Fsp3) is 0.745. The lowest BCUT2D eigenvalue weighted by molar-refractivity contribution is -0.235. The van der Waals surface area contributed by atoms with E-state index in [1.807, 2.05) is 12.1 Å². The monoisotopic (exact) mass is 809 g/mol. The van der Waals surface area contributed by atoms with Gasteiger partial charge in [-0.2, -0.15) is 0 Å². The molecule has 0 aliphatic heterocycles. The predicted molar refractivity (Wildman–Crippen MR) is 220 cm³/mol. The van der Waals surface area contributed by atoms with Gasteiger partial charge in [0.1, 0.15) is 12.7 Å². The van der Waals surface area contributed by atoms with Gasteiger partial charge in [-0.15, -0.1) is 0 Å². The molecule has 0 bridgehead atoms. The molecule has 4 saturated carbocycles. The molecule has 4 fully saturated rings. The largest absolute Gasteiger partial charge is 0.481 e. The summed E-state index contributed by atoms with van der Waals surface area (Å²) in [6.07, 6.45) is 6.13. The van der Waals surface area contributed by atoms with Crippen LogP contribution in [0.15, 0.2) is 35.4 Å². The predicted octanol–water partition coefficient (Wildman–Crippen LogP) is 9.07. The lowest BCUT2D eigenvalue weighted by atomic mass is 9.33. The highest BCUT2D eigenvalue weighted by molar-refractivity contribution is 6.30. The zero-order chi connectivity index (χ0) is 42.1. The van der Waals surface area contributed by atoms with E-state index in [1.165, 1.54) is 12.7 Å². The fourth-order valence-electron chi connectivity index (χ4n) is 13.6. The Hall–Kier alpha value is -2.75. The van der Waals surface area contributed by atoms with Gasteiger partial charge in [0.05, 0.1) is 17.9 Å². The van der Waals surface area contributed by atoms with Gasteiger partial charge in [-0.1, -0.05) is 77.8 Å². The van der Waals surface area contributed by atoms with E-state index in [-0.39, 0.29) is 77.3 Å². The van der Waals surface area contributed by atoms with E-state index in [2.05, 4.69) is 48.5 Å². The number of aliphatic hydroxyl groups is 1. The van der Waals surface area contributed by atoms with Crippen LogP contribution in [0.1, 0.15) is 132 Å². The third kappa shape index (κ3) is 7.21. The Morgan fingerprint density at radius 2 is 1.60 bits per heavy atom. The minimum Gasteiger partial charge on any atom is -0.481 e. The number of benzene rings is 1. The first-order valence-corrected chi connectivity index (χ1v) is 21.8. The number of rotatable bonds is 12. The zero-order valence-corrected chi connectivity index (χ0v) is 36.9. The topological polar surface area (TPSA) is 130 Å². The summed E-state index contributed by atoms with van der Waals surface area (Å²) >= 11 is 6.17. The minimum absolute atomic E-state index is 0.00635. The van der Waals surface area contributed by atoms with Gasteiger partial charge in [0.15, 0.2) is 5.78 Å². The summed E-state index contributed by atoms with van der Waals surface area (Å²) in [5.41, 5.74) is 0.615. The summed E-state index contributed by atoms with van der Waals surface area (Å²) in [4.78, 5) is 54.4. The Labute approximate surface area is 345 Å². The minimum atomic E-state index is -1.19. The van der Waals surface area contributed by atoms with Crippen LogP contribution in [0.2, 0.25) is 5.02 Å². The van der Waals surface area contributed by atoms with Gasteiger partial charge in [-0.3, -0.25) is 19.2 Å². The summed E-state index contributed by atoms with van der Waals surface area (Å²) in [7, 11) is 1.50. The number of Topliss-reactive ketones (excluding diaryl/α,β-unsaturated/α-hetero) is 1. The molecular weight excluding hydrogens is 742 g/mol. The lowest BCUT2D eigenvalue weighted by Crippen LogP contribution is -2.66. The van der Waals surface area contributed by atoms with Crippen molar-refractivity contribution in [1.29, 1.82) is 0 Å². The Morgan fingerprint density at radius 1 is 0.930 bits per heavy atom. The first-order valence-electron chi connectivity index (χ1n) is 21.4. The fourth-order valence-corrected chi connectivity index (χ4v) is 13.7. The second kappa shape index (κ2) is 15.4. The van der Waals surface area contributed by atoms with Gasteiger partial charge in [0.2, 0.25) is 5.91 Å². The molecule has 2 N–H and O–H groups in total. The SMILES string of the molecule is COCC(=O)N(Cc1ccc(Cl)cc1)C[C@H](O)[C@@]12CC[C@]3(C)[C@H](CC[C@@H]4[C@@]5(C)CC[C@H](OC(=O)CC(C)(C)C(=O)O)C(C)(C)[C@@H]5CC[C@]43C)C1=C(C(C)C)C(=O)C2. The van der Waals surface area contributed by atoms with Crippen molar-refractivity contribution in [2.45, 2.75) is 145 Å². The van der Waals surface area contributed by atoms with Gasteiger partial charge < -0.3 is 24.6 Å². The van der Waals surface area contributed by atoms with E-state index in [4.69, 9.17) is 21.1 Å². The molecule has 0 heterocycles. The Bertz CT molecular complexity index is 1780. The lowest BCUT2D eigenvalue weighted by Gasteiger charge is -2.72. The Morgan fingerprint density at radius 3 is 2.21 bits per heavy atom. The Kier molecular flexibility index (Phi) is 11.8. The van der Waals surface area contributed by atoms with Crippen LogP contribution >= 0.6 is 11.6 Å². The van der Waals surface area contributed by atoms with Crippen LogP contribution in [-0.2, 0) is 35.2 Å². The third-order valence-electron chi connectivity index (χ3n) is 16.8. The number of carboxylic acids is 1. The molecule has 1 amide bonds. The molecule has 316 valence electrons. The standard InChI is InChI=1S/C47H68ClNO8/c1-28(2)39-32(50)23-47(35(51)26-49(37(52)27-56-10)25-29-11-13-30(48)14-12-29)22-21-45(8)31(40(39)47)15-16-34-44(7)19-18-36(57-38(53)24-42(3,4)41(54)55)43(5,6)33(44)17-20-46(34,45)9/h11-14,28,31,33-36,51H,15-27H2,1-10H3,(H,54,55)/t31-,33+,34-,35+,36+,44+,45-,46-,47+/m1/s1. The maximum Gasteiger partial charge on any atom is 0.309 e. The maximum absolute atomic E-state index is 14.3. The molecule has 1 aromatic rings. The zero-order valence-electron chi connectivity index (χ0n) is 36.1. The molecule has 5 aliphatic rings. The summed E-state index contributed by atoms with van der Waals surface area (Å²) in [5.74, 6) is -0.630. The number of hydrogen-bond acceptors (Lipinski definition) is 7. The molecule has 9 nitrogen and oxygen atoms in total. The molecule has 10 heteroatoms. The highest BCUT2D eigenvalue weighted by Gasteiger charge is 2.71. The van der Waals surface area contributed by atoms with Crippen molar-refractivity contribution in [1.82, 2.24) is 4.90 Å². The summed E-state index contributed by atoms with van der Waals surface area (Å²) in [6.45, 7) is 19.6. The van der Waals surface area contributed by atoms with Gasteiger partial charge in [-0.25, -0.2) is 0 Å². The average Bonchev–Trinajstić information content (AvgIpc) is 3.43. The quantitative estimate of drug-likeness (QED) is 0.200. The van der Waals surface area contributed by atoms with E-state index in [1.54, 1.807) is 30.9 Å². The number of hydrogen-bond donors (Lipinski definition) is 2. The number of carbonyl (C=O) groups is 4. The van der Waals surface area contributed by atoms with Crippen LogP contribution < -0.4 is 0 Å². The van der Waals surface area contributed by atoms with Gasteiger partial charge in [0, 0.05) is 42.5 Å². The molecule has 0 spiro atoms. The second-order valence-corrected chi connectivity index (χ2v) is 21.3. The van der Waals surface area contributed by atoms with Crippen molar-refractivity contribution in [3.05, 3.63) is 46.0 Å². The smallest absolute Gasteiger partial charge is 0.309 e.